The van der Waals surface area contributed by atoms with Gasteiger partial charge in [-0.1, -0.05) is 19.8 Å². The van der Waals surface area contributed by atoms with E-state index in [1.54, 1.807) is 17.5 Å². The molecule has 0 radical (unpaired) electrons. The van der Waals surface area contributed by atoms with Crippen molar-refractivity contribution in [3.63, 3.8) is 0 Å². The van der Waals surface area contributed by atoms with Crippen molar-refractivity contribution in [1.29, 1.82) is 0 Å². The standard InChI is InChI=1S/C9H11NS/c1-8(2)4-3-5-9-10-6-7-11-9/h6-8H,4H2,1-2H3. The van der Waals surface area contributed by atoms with Crippen molar-refractivity contribution >= 4 is 11.3 Å². The maximum absolute atomic E-state index is 4.06. The molecule has 0 aliphatic carbocycles. The highest BCUT2D eigenvalue weighted by Gasteiger charge is 1.88. The first-order valence-electron chi connectivity index (χ1n) is 3.67. The predicted octanol–water partition coefficient (Wildman–Crippen LogP) is 2.54. The Morgan fingerprint density at radius 1 is 1.64 bits per heavy atom. The summed E-state index contributed by atoms with van der Waals surface area (Å²) in [5.74, 6) is 6.75. The molecule has 1 aromatic rings. The molecule has 0 aliphatic rings. The number of aromatic nitrogens is 1. The summed E-state index contributed by atoms with van der Waals surface area (Å²) >= 11 is 1.59. The van der Waals surface area contributed by atoms with E-state index in [9.17, 15) is 0 Å². The number of hydrogen-bond donors (Lipinski definition) is 0. The summed E-state index contributed by atoms with van der Waals surface area (Å²) in [6.07, 6.45) is 2.74. The highest BCUT2D eigenvalue weighted by molar-refractivity contribution is 7.10. The normalized spacial score (nSPS) is 9.36. The van der Waals surface area contributed by atoms with Crippen LogP contribution in [-0.4, -0.2) is 4.98 Å². The molecular formula is C9H11NS. The third-order valence-corrected chi connectivity index (χ3v) is 1.83. The predicted molar refractivity (Wildman–Crippen MR) is 48.4 cm³/mol. The van der Waals surface area contributed by atoms with Gasteiger partial charge >= 0.3 is 0 Å². The quantitative estimate of drug-likeness (QED) is 0.583. The van der Waals surface area contributed by atoms with Gasteiger partial charge in [-0.15, -0.1) is 11.3 Å². The van der Waals surface area contributed by atoms with E-state index in [2.05, 4.69) is 30.7 Å². The highest BCUT2D eigenvalue weighted by Crippen LogP contribution is 2.02. The number of thiazole rings is 1. The highest BCUT2D eigenvalue weighted by atomic mass is 32.1. The lowest BCUT2D eigenvalue weighted by atomic mass is 10.1. The van der Waals surface area contributed by atoms with Crippen molar-refractivity contribution in [2.45, 2.75) is 20.3 Å². The van der Waals surface area contributed by atoms with Crippen molar-refractivity contribution < 1.29 is 0 Å². The third-order valence-electron chi connectivity index (χ3n) is 1.14. The minimum absolute atomic E-state index is 0.655. The first-order valence-corrected chi connectivity index (χ1v) is 4.55. The maximum Gasteiger partial charge on any atom is 0.166 e. The van der Waals surface area contributed by atoms with Crippen LogP contribution in [0, 0.1) is 17.8 Å². The molecule has 1 nitrogen and oxygen atoms in total. The lowest BCUT2D eigenvalue weighted by Crippen LogP contribution is -1.81. The molecule has 0 atom stereocenters. The molecule has 1 aromatic heterocycles. The number of rotatable bonds is 1. The lowest BCUT2D eigenvalue weighted by Gasteiger charge is -1.91. The molecule has 0 saturated carbocycles. The molecule has 2 heteroatoms. The Kier molecular flexibility index (Phi) is 3.13. The van der Waals surface area contributed by atoms with Gasteiger partial charge in [-0.05, 0) is 11.8 Å². The van der Waals surface area contributed by atoms with Crippen LogP contribution >= 0.6 is 11.3 Å². The lowest BCUT2D eigenvalue weighted by molar-refractivity contribution is 0.676. The minimum atomic E-state index is 0.655. The Hall–Kier alpha value is -0.810. The van der Waals surface area contributed by atoms with Crippen molar-refractivity contribution in [2.24, 2.45) is 5.92 Å². The van der Waals surface area contributed by atoms with Crippen LogP contribution in [0.15, 0.2) is 11.6 Å². The van der Waals surface area contributed by atoms with Crippen molar-refractivity contribution in [2.75, 3.05) is 0 Å². The van der Waals surface area contributed by atoms with Gasteiger partial charge in [0.2, 0.25) is 0 Å². The molecule has 0 saturated heterocycles. The van der Waals surface area contributed by atoms with Gasteiger partial charge in [0, 0.05) is 18.0 Å². The largest absolute Gasteiger partial charge is 0.236 e. The van der Waals surface area contributed by atoms with E-state index in [1.807, 2.05) is 5.38 Å². The molecule has 58 valence electrons. The van der Waals surface area contributed by atoms with Gasteiger partial charge in [0.1, 0.15) is 0 Å². The monoisotopic (exact) mass is 165 g/mol. The van der Waals surface area contributed by atoms with E-state index in [0.29, 0.717) is 5.92 Å². The zero-order valence-electron chi connectivity index (χ0n) is 6.79. The molecular weight excluding hydrogens is 154 g/mol. The van der Waals surface area contributed by atoms with Crippen LogP contribution in [0.25, 0.3) is 0 Å². The fraction of sp³-hybridized carbons (Fsp3) is 0.444. The van der Waals surface area contributed by atoms with Crippen LogP contribution in [0.1, 0.15) is 25.3 Å². The summed E-state index contributed by atoms with van der Waals surface area (Å²) in [5.41, 5.74) is 0. The molecule has 11 heavy (non-hydrogen) atoms. The first-order chi connectivity index (χ1) is 5.29. The Morgan fingerprint density at radius 2 is 2.45 bits per heavy atom. The van der Waals surface area contributed by atoms with Gasteiger partial charge in [0.25, 0.3) is 0 Å². The van der Waals surface area contributed by atoms with E-state index in [1.165, 1.54) is 0 Å². The Morgan fingerprint density at radius 3 is 3.00 bits per heavy atom. The molecule has 1 heterocycles. The molecule has 0 unspecified atom stereocenters. The van der Waals surface area contributed by atoms with Crippen LogP contribution in [0.5, 0.6) is 0 Å². The number of hydrogen-bond acceptors (Lipinski definition) is 2. The van der Waals surface area contributed by atoms with Crippen LogP contribution in [0.4, 0.5) is 0 Å². The second-order valence-electron chi connectivity index (χ2n) is 2.74. The summed E-state index contributed by atoms with van der Waals surface area (Å²) < 4.78 is 0. The molecule has 1 rings (SSSR count). The summed E-state index contributed by atoms with van der Waals surface area (Å²) in [5, 5.41) is 2.87. The average molecular weight is 165 g/mol. The van der Waals surface area contributed by atoms with Gasteiger partial charge in [-0.3, -0.25) is 0 Å². The number of nitrogens with zero attached hydrogens (tertiary/aromatic N) is 1. The second kappa shape index (κ2) is 4.15. The van der Waals surface area contributed by atoms with E-state index in [-0.39, 0.29) is 0 Å². The zero-order valence-corrected chi connectivity index (χ0v) is 7.61. The van der Waals surface area contributed by atoms with Gasteiger partial charge in [0.15, 0.2) is 5.01 Å². The molecule has 0 aliphatic heterocycles. The van der Waals surface area contributed by atoms with E-state index in [4.69, 9.17) is 0 Å². The second-order valence-corrected chi connectivity index (χ2v) is 3.63. The Labute approximate surface area is 71.5 Å². The van der Waals surface area contributed by atoms with Crippen LogP contribution in [-0.2, 0) is 0 Å². The third kappa shape index (κ3) is 3.20. The molecule has 0 N–H and O–H groups in total. The molecule has 0 fully saturated rings. The molecule has 0 aromatic carbocycles. The smallest absolute Gasteiger partial charge is 0.166 e. The molecule has 0 bridgehead atoms. The van der Waals surface area contributed by atoms with E-state index in [0.717, 1.165) is 11.4 Å². The molecule has 0 spiro atoms. The SMILES string of the molecule is CC(C)CC#Cc1nccs1. The van der Waals surface area contributed by atoms with Crippen molar-refractivity contribution in [3.8, 4) is 11.8 Å². The van der Waals surface area contributed by atoms with Crippen molar-refractivity contribution in [1.82, 2.24) is 4.98 Å². The van der Waals surface area contributed by atoms with Gasteiger partial charge in [-0.25, -0.2) is 4.98 Å². The fourth-order valence-electron chi connectivity index (χ4n) is 0.616. The summed E-state index contributed by atoms with van der Waals surface area (Å²) in [4.78, 5) is 4.06. The zero-order chi connectivity index (χ0) is 8.10. The van der Waals surface area contributed by atoms with Gasteiger partial charge in [-0.2, -0.15) is 0 Å². The fourth-order valence-corrected chi connectivity index (χ4v) is 1.12. The Bertz CT molecular complexity index is 251. The Balaban J connectivity index is 2.46. The van der Waals surface area contributed by atoms with Crippen LogP contribution in [0.3, 0.4) is 0 Å². The van der Waals surface area contributed by atoms with Gasteiger partial charge in [0.05, 0.1) is 0 Å². The van der Waals surface area contributed by atoms with Crippen molar-refractivity contribution in [3.05, 3.63) is 16.6 Å². The maximum atomic E-state index is 4.06. The average Bonchev–Trinajstić information content (AvgIpc) is 2.39. The summed E-state index contributed by atoms with van der Waals surface area (Å²) in [7, 11) is 0. The first kappa shape index (κ1) is 8.29. The van der Waals surface area contributed by atoms with E-state index >= 15 is 0 Å². The van der Waals surface area contributed by atoms with Crippen LogP contribution in [0.2, 0.25) is 0 Å². The van der Waals surface area contributed by atoms with Crippen LogP contribution < -0.4 is 0 Å². The van der Waals surface area contributed by atoms with Gasteiger partial charge < -0.3 is 0 Å². The molecule has 0 amide bonds. The van der Waals surface area contributed by atoms with E-state index < -0.39 is 0 Å². The summed E-state index contributed by atoms with van der Waals surface area (Å²) in [6.45, 7) is 4.33. The summed E-state index contributed by atoms with van der Waals surface area (Å²) in [6, 6.07) is 0. The minimum Gasteiger partial charge on any atom is -0.236 e. The topological polar surface area (TPSA) is 12.9 Å².